The van der Waals surface area contributed by atoms with Crippen LogP contribution in [0.25, 0.3) is 0 Å². The van der Waals surface area contributed by atoms with E-state index in [-0.39, 0.29) is 0 Å². The number of hydrogen-bond donors (Lipinski definition) is 0. The normalized spacial score (nSPS) is 21.0. The summed E-state index contributed by atoms with van der Waals surface area (Å²) in [7, 11) is -0.869. The smallest absolute Gasteiger partial charge is 0.334 e. The van der Waals surface area contributed by atoms with Gasteiger partial charge in [0.2, 0.25) is 5.34 Å². The van der Waals surface area contributed by atoms with Crippen molar-refractivity contribution >= 4 is 7.60 Å². The Labute approximate surface area is 159 Å². The molecule has 1 saturated heterocycles. The molecular formula is C22H21O4P. The predicted octanol–water partition coefficient (Wildman–Crippen LogP) is 5.30. The van der Waals surface area contributed by atoms with Crippen LogP contribution in [0.3, 0.4) is 0 Å². The monoisotopic (exact) mass is 380 g/mol. The molecule has 3 aromatic carbocycles. The Hall–Kier alpha value is -2.23. The Balaban J connectivity index is 2.05. The van der Waals surface area contributed by atoms with Crippen LogP contribution >= 0.6 is 7.60 Å². The van der Waals surface area contributed by atoms with Gasteiger partial charge in [-0.2, -0.15) is 0 Å². The van der Waals surface area contributed by atoms with Gasteiger partial charge in [-0.1, -0.05) is 91.0 Å². The van der Waals surface area contributed by atoms with Gasteiger partial charge in [-0.05, 0) is 16.7 Å². The fraction of sp³-hybridized carbons (Fsp3) is 0.182. The molecule has 27 heavy (non-hydrogen) atoms. The molecule has 1 aliphatic heterocycles. The van der Waals surface area contributed by atoms with E-state index in [0.717, 1.165) is 16.7 Å². The molecule has 4 nitrogen and oxygen atoms in total. The second kappa shape index (κ2) is 6.74. The Bertz CT molecular complexity index is 912. The summed E-state index contributed by atoms with van der Waals surface area (Å²) < 4.78 is 31.3. The molecule has 0 spiro atoms. The standard InChI is InChI=1S/C22H21O4P/c1-24-27(23,25-2)22(20-16-10-5-11-17-20)21(26-22,18-12-6-3-7-13-18)19-14-8-4-9-15-19/h3-17H,1-2H3. The Morgan fingerprint density at radius 1 is 0.667 bits per heavy atom. The molecule has 1 heterocycles. The average Bonchev–Trinajstić information content (AvgIpc) is 3.48. The molecule has 0 saturated carbocycles. The highest BCUT2D eigenvalue weighted by Crippen LogP contribution is 2.83. The summed E-state index contributed by atoms with van der Waals surface area (Å²) in [4.78, 5) is 0. The Kier molecular flexibility index (Phi) is 4.53. The van der Waals surface area contributed by atoms with E-state index in [1.54, 1.807) is 0 Å². The lowest BCUT2D eigenvalue weighted by Crippen LogP contribution is -2.25. The van der Waals surface area contributed by atoms with Gasteiger partial charge < -0.3 is 13.8 Å². The van der Waals surface area contributed by atoms with Crippen molar-refractivity contribution in [2.75, 3.05) is 14.2 Å². The van der Waals surface area contributed by atoms with Crippen LogP contribution < -0.4 is 0 Å². The molecule has 5 heteroatoms. The minimum atomic E-state index is -3.67. The maximum absolute atomic E-state index is 13.8. The fourth-order valence-electron chi connectivity index (χ4n) is 3.88. The summed E-state index contributed by atoms with van der Waals surface area (Å²) in [5, 5.41) is -1.27. The van der Waals surface area contributed by atoms with Gasteiger partial charge in [0.05, 0.1) is 0 Å². The summed E-state index contributed by atoms with van der Waals surface area (Å²) in [6, 6.07) is 29.1. The fourth-order valence-corrected chi connectivity index (χ4v) is 5.90. The zero-order valence-corrected chi connectivity index (χ0v) is 16.1. The van der Waals surface area contributed by atoms with Crippen LogP contribution in [0.1, 0.15) is 16.7 Å². The molecule has 0 radical (unpaired) electrons. The molecule has 0 aliphatic carbocycles. The molecule has 0 aromatic heterocycles. The summed E-state index contributed by atoms with van der Waals surface area (Å²) >= 11 is 0. The summed E-state index contributed by atoms with van der Waals surface area (Å²) in [6.45, 7) is 0. The van der Waals surface area contributed by atoms with E-state index in [9.17, 15) is 4.57 Å². The number of epoxide rings is 1. The first-order valence-corrected chi connectivity index (χ1v) is 10.3. The highest BCUT2D eigenvalue weighted by molar-refractivity contribution is 7.55. The predicted molar refractivity (Wildman–Crippen MR) is 104 cm³/mol. The van der Waals surface area contributed by atoms with Gasteiger partial charge in [-0.15, -0.1) is 0 Å². The topological polar surface area (TPSA) is 48.1 Å². The quantitative estimate of drug-likeness (QED) is 0.430. The van der Waals surface area contributed by atoms with Gasteiger partial charge in [-0.25, -0.2) is 0 Å². The van der Waals surface area contributed by atoms with Crippen molar-refractivity contribution in [3.8, 4) is 0 Å². The molecular weight excluding hydrogens is 359 g/mol. The van der Waals surface area contributed by atoms with Crippen molar-refractivity contribution in [1.82, 2.24) is 0 Å². The van der Waals surface area contributed by atoms with Crippen LogP contribution in [0.2, 0.25) is 0 Å². The van der Waals surface area contributed by atoms with Gasteiger partial charge in [0.25, 0.3) is 0 Å². The minimum absolute atomic E-state index is 0.754. The van der Waals surface area contributed by atoms with Crippen LogP contribution in [0.15, 0.2) is 91.0 Å². The van der Waals surface area contributed by atoms with E-state index in [1.165, 1.54) is 14.2 Å². The van der Waals surface area contributed by atoms with Crippen molar-refractivity contribution in [3.63, 3.8) is 0 Å². The van der Waals surface area contributed by atoms with Crippen LogP contribution in [0, 0.1) is 0 Å². The largest absolute Gasteiger partial charge is 0.370 e. The van der Waals surface area contributed by atoms with E-state index in [0.29, 0.717) is 0 Å². The van der Waals surface area contributed by atoms with E-state index < -0.39 is 18.5 Å². The molecule has 1 aliphatic rings. The van der Waals surface area contributed by atoms with Crippen LogP contribution in [0.5, 0.6) is 0 Å². The third-order valence-electron chi connectivity index (χ3n) is 5.13. The van der Waals surface area contributed by atoms with Gasteiger partial charge in [0, 0.05) is 14.2 Å². The molecule has 138 valence electrons. The van der Waals surface area contributed by atoms with Crippen molar-refractivity contribution in [2.45, 2.75) is 10.9 Å². The summed E-state index contributed by atoms with van der Waals surface area (Å²) in [5.41, 5.74) is 1.58. The molecule has 0 N–H and O–H groups in total. The average molecular weight is 380 g/mol. The highest BCUT2D eigenvalue weighted by Gasteiger charge is 2.82. The summed E-state index contributed by atoms with van der Waals surface area (Å²) in [6.07, 6.45) is 0. The van der Waals surface area contributed by atoms with E-state index in [2.05, 4.69) is 0 Å². The Morgan fingerprint density at radius 3 is 1.41 bits per heavy atom. The third-order valence-corrected chi connectivity index (χ3v) is 7.53. The van der Waals surface area contributed by atoms with Crippen molar-refractivity contribution in [3.05, 3.63) is 108 Å². The maximum Gasteiger partial charge on any atom is 0.370 e. The minimum Gasteiger partial charge on any atom is -0.334 e. The molecule has 4 rings (SSSR count). The first kappa shape index (κ1) is 18.1. The molecule has 1 unspecified atom stereocenters. The number of benzene rings is 3. The zero-order chi connectivity index (χ0) is 19.0. The molecule has 1 atom stereocenters. The number of rotatable bonds is 6. The lowest BCUT2D eigenvalue weighted by molar-refractivity contribution is 0.227. The van der Waals surface area contributed by atoms with E-state index in [1.807, 2.05) is 91.0 Å². The molecule has 1 fully saturated rings. The maximum atomic E-state index is 13.8. The lowest BCUT2D eigenvalue weighted by atomic mass is 9.85. The zero-order valence-electron chi connectivity index (χ0n) is 15.2. The first-order valence-electron chi connectivity index (χ1n) is 8.73. The number of ether oxygens (including phenoxy) is 1. The van der Waals surface area contributed by atoms with Gasteiger partial charge in [0.1, 0.15) is 0 Å². The van der Waals surface area contributed by atoms with Gasteiger partial charge in [-0.3, -0.25) is 4.57 Å². The Morgan fingerprint density at radius 2 is 1.04 bits per heavy atom. The van der Waals surface area contributed by atoms with Crippen molar-refractivity contribution in [2.24, 2.45) is 0 Å². The number of hydrogen-bond acceptors (Lipinski definition) is 4. The van der Waals surface area contributed by atoms with Crippen molar-refractivity contribution < 1.29 is 18.3 Å². The molecule has 3 aromatic rings. The second-order valence-electron chi connectivity index (χ2n) is 6.39. The van der Waals surface area contributed by atoms with E-state index >= 15 is 0 Å². The highest BCUT2D eigenvalue weighted by atomic mass is 31.2. The lowest BCUT2D eigenvalue weighted by Gasteiger charge is -2.26. The van der Waals surface area contributed by atoms with Crippen LogP contribution in [-0.2, 0) is 29.3 Å². The van der Waals surface area contributed by atoms with Crippen molar-refractivity contribution in [1.29, 1.82) is 0 Å². The van der Waals surface area contributed by atoms with Gasteiger partial charge in [0.15, 0.2) is 5.60 Å². The van der Waals surface area contributed by atoms with Crippen LogP contribution in [-0.4, -0.2) is 14.2 Å². The second-order valence-corrected chi connectivity index (χ2v) is 8.74. The first-order chi connectivity index (χ1) is 13.1. The SMILES string of the molecule is COP(=O)(OC)C1(c2ccccc2)OC1(c1ccccc1)c1ccccc1. The van der Waals surface area contributed by atoms with E-state index in [4.69, 9.17) is 13.8 Å². The molecule has 0 amide bonds. The van der Waals surface area contributed by atoms with Gasteiger partial charge >= 0.3 is 7.60 Å². The summed E-state index contributed by atoms with van der Waals surface area (Å²) in [5.74, 6) is 0. The third kappa shape index (κ3) is 2.45. The molecule has 0 bridgehead atoms. The van der Waals surface area contributed by atoms with Crippen LogP contribution in [0.4, 0.5) is 0 Å².